The van der Waals surface area contributed by atoms with Gasteiger partial charge in [0.15, 0.2) is 5.82 Å². The Morgan fingerprint density at radius 1 is 1.14 bits per heavy atom. The van der Waals surface area contributed by atoms with Gasteiger partial charge in [-0.1, -0.05) is 24.3 Å². The maximum Gasteiger partial charge on any atom is 0.229 e. The van der Waals surface area contributed by atoms with E-state index in [0.29, 0.717) is 18.1 Å². The van der Waals surface area contributed by atoms with Gasteiger partial charge in [-0.15, -0.1) is 5.10 Å². The van der Waals surface area contributed by atoms with Gasteiger partial charge < -0.3 is 10.2 Å². The Balaban J connectivity index is 1.48. The molecule has 4 rings (SSSR count). The molecule has 142 valence electrons. The minimum Gasteiger partial charge on any atom is -0.326 e. The molecule has 1 aromatic heterocycles. The lowest BCUT2D eigenvalue weighted by Gasteiger charge is -2.19. The minimum atomic E-state index is -0.398. The van der Waals surface area contributed by atoms with Crippen LogP contribution >= 0.6 is 0 Å². The van der Waals surface area contributed by atoms with E-state index < -0.39 is 5.92 Å². The second-order valence-corrected chi connectivity index (χ2v) is 6.87. The number of aryl methyl sites for hydroxylation is 2. The smallest absolute Gasteiger partial charge is 0.229 e. The summed E-state index contributed by atoms with van der Waals surface area (Å²) in [5.41, 5.74) is 3.27. The van der Waals surface area contributed by atoms with E-state index in [1.165, 1.54) is 0 Å². The molecule has 8 nitrogen and oxygen atoms in total. The number of rotatable bonds is 4. The molecule has 0 bridgehead atoms. The van der Waals surface area contributed by atoms with Crippen LogP contribution in [0.15, 0.2) is 48.5 Å². The fraction of sp³-hybridized carbons (Fsp3) is 0.250. The molecule has 8 heteroatoms. The number of hydrogen-bond donors (Lipinski definition) is 1. The third kappa shape index (κ3) is 3.36. The molecule has 1 saturated heterocycles. The number of benzene rings is 2. The molecule has 1 aliphatic heterocycles. The zero-order valence-corrected chi connectivity index (χ0v) is 15.7. The van der Waals surface area contributed by atoms with E-state index >= 15 is 0 Å². The molecule has 28 heavy (non-hydrogen) atoms. The quantitative estimate of drug-likeness (QED) is 0.754. The molecule has 0 radical (unpaired) electrons. The van der Waals surface area contributed by atoms with E-state index in [1.807, 2.05) is 43.3 Å². The van der Waals surface area contributed by atoms with Gasteiger partial charge in [-0.2, -0.15) is 4.68 Å². The van der Waals surface area contributed by atoms with Gasteiger partial charge in [0.25, 0.3) is 0 Å². The van der Waals surface area contributed by atoms with Crippen molar-refractivity contribution in [3.63, 3.8) is 0 Å². The monoisotopic (exact) mass is 376 g/mol. The summed E-state index contributed by atoms with van der Waals surface area (Å²) >= 11 is 0. The number of aromatic nitrogens is 4. The summed E-state index contributed by atoms with van der Waals surface area (Å²) in [6, 6.07) is 15.0. The lowest BCUT2D eigenvalue weighted by atomic mass is 10.1. The normalized spacial score (nSPS) is 16.4. The fourth-order valence-corrected chi connectivity index (χ4v) is 3.41. The van der Waals surface area contributed by atoms with Crippen LogP contribution in [0.25, 0.3) is 5.69 Å². The predicted octanol–water partition coefficient (Wildman–Crippen LogP) is 2.27. The van der Waals surface area contributed by atoms with Crippen molar-refractivity contribution in [1.82, 2.24) is 20.2 Å². The molecular weight excluding hydrogens is 356 g/mol. The van der Waals surface area contributed by atoms with Crippen LogP contribution < -0.4 is 10.2 Å². The first-order chi connectivity index (χ1) is 13.5. The molecule has 2 aromatic carbocycles. The van der Waals surface area contributed by atoms with Gasteiger partial charge in [-0.25, -0.2) is 0 Å². The number of nitrogens with zero attached hydrogens (tertiary/aromatic N) is 5. The van der Waals surface area contributed by atoms with Gasteiger partial charge in [0, 0.05) is 24.3 Å². The zero-order valence-electron chi connectivity index (χ0n) is 15.7. The van der Waals surface area contributed by atoms with Crippen LogP contribution in [0.5, 0.6) is 0 Å². The average Bonchev–Trinajstić information content (AvgIpc) is 3.28. The second kappa shape index (κ2) is 7.22. The van der Waals surface area contributed by atoms with E-state index in [2.05, 4.69) is 20.8 Å². The standard InChI is InChI=1S/C20H20N6O2/c1-13-6-3-4-9-18(13)25-12-15(10-19(25)27)20(28)21-16-7-5-8-17(11-16)26-14(2)22-23-24-26/h3-9,11,15H,10,12H2,1-2H3,(H,21,28). The number of carbonyl (C=O) groups excluding carboxylic acids is 2. The molecule has 2 amide bonds. The number of para-hydroxylation sites is 1. The third-order valence-corrected chi connectivity index (χ3v) is 4.89. The summed E-state index contributed by atoms with van der Waals surface area (Å²) in [6.45, 7) is 4.14. The SMILES string of the molecule is Cc1ccccc1N1CC(C(=O)Nc2cccc(-n3nnnc3C)c2)CC1=O. The lowest BCUT2D eigenvalue weighted by Crippen LogP contribution is -2.28. The molecule has 1 atom stereocenters. The van der Waals surface area contributed by atoms with Crippen molar-refractivity contribution in [2.24, 2.45) is 5.92 Å². The average molecular weight is 376 g/mol. The van der Waals surface area contributed by atoms with Crippen molar-refractivity contribution >= 4 is 23.2 Å². The minimum absolute atomic E-state index is 0.0347. The van der Waals surface area contributed by atoms with Gasteiger partial charge >= 0.3 is 0 Å². The van der Waals surface area contributed by atoms with Crippen molar-refractivity contribution in [2.75, 3.05) is 16.8 Å². The van der Waals surface area contributed by atoms with Crippen LogP contribution in [0.4, 0.5) is 11.4 Å². The van der Waals surface area contributed by atoms with E-state index in [9.17, 15) is 9.59 Å². The molecule has 1 unspecified atom stereocenters. The number of nitrogens with one attached hydrogen (secondary N) is 1. The van der Waals surface area contributed by atoms with E-state index in [0.717, 1.165) is 16.9 Å². The van der Waals surface area contributed by atoms with Crippen LogP contribution in [-0.2, 0) is 9.59 Å². The van der Waals surface area contributed by atoms with Gasteiger partial charge in [0.2, 0.25) is 11.8 Å². The molecular formula is C20H20N6O2. The van der Waals surface area contributed by atoms with E-state index in [1.54, 1.807) is 28.6 Å². The van der Waals surface area contributed by atoms with E-state index in [-0.39, 0.29) is 18.2 Å². The summed E-state index contributed by atoms with van der Waals surface area (Å²) in [5.74, 6) is 0.0480. The van der Waals surface area contributed by atoms with Crippen LogP contribution in [0.2, 0.25) is 0 Å². The Morgan fingerprint density at radius 2 is 1.96 bits per heavy atom. The fourth-order valence-electron chi connectivity index (χ4n) is 3.41. The van der Waals surface area contributed by atoms with Gasteiger partial charge in [0.05, 0.1) is 11.6 Å². The zero-order chi connectivity index (χ0) is 19.7. The Kier molecular flexibility index (Phi) is 4.60. The first kappa shape index (κ1) is 17.8. The maximum atomic E-state index is 12.7. The largest absolute Gasteiger partial charge is 0.326 e. The number of hydrogen-bond acceptors (Lipinski definition) is 5. The molecule has 0 spiro atoms. The first-order valence-corrected chi connectivity index (χ1v) is 9.05. The van der Waals surface area contributed by atoms with Gasteiger partial charge in [0.1, 0.15) is 0 Å². The summed E-state index contributed by atoms with van der Waals surface area (Å²) in [6.07, 6.45) is 0.200. The van der Waals surface area contributed by atoms with Crippen molar-refractivity contribution < 1.29 is 9.59 Å². The van der Waals surface area contributed by atoms with Crippen molar-refractivity contribution in [3.8, 4) is 5.69 Å². The van der Waals surface area contributed by atoms with Crippen molar-refractivity contribution in [1.29, 1.82) is 0 Å². The molecule has 0 saturated carbocycles. The molecule has 1 N–H and O–H groups in total. The van der Waals surface area contributed by atoms with Crippen LogP contribution in [0.1, 0.15) is 17.8 Å². The van der Waals surface area contributed by atoms with Crippen molar-refractivity contribution in [2.45, 2.75) is 20.3 Å². The first-order valence-electron chi connectivity index (χ1n) is 9.05. The molecule has 2 heterocycles. The van der Waals surface area contributed by atoms with Crippen LogP contribution in [-0.4, -0.2) is 38.6 Å². The highest BCUT2D eigenvalue weighted by Crippen LogP contribution is 2.28. The molecule has 3 aromatic rings. The topological polar surface area (TPSA) is 93.0 Å². The molecule has 1 fully saturated rings. The Hall–Kier alpha value is -3.55. The summed E-state index contributed by atoms with van der Waals surface area (Å²) in [5, 5.41) is 14.4. The lowest BCUT2D eigenvalue weighted by molar-refractivity contribution is -0.122. The number of tetrazole rings is 1. The van der Waals surface area contributed by atoms with E-state index in [4.69, 9.17) is 0 Å². The number of carbonyl (C=O) groups is 2. The summed E-state index contributed by atoms with van der Waals surface area (Å²) in [7, 11) is 0. The highest BCUT2D eigenvalue weighted by atomic mass is 16.2. The number of amides is 2. The Bertz CT molecular complexity index is 1040. The highest BCUT2D eigenvalue weighted by Gasteiger charge is 2.35. The van der Waals surface area contributed by atoms with Gasteiger partial charge in [-0.3, -0.25) is 9.59 Å². The van der Waals surface area contributed by atoms with Gasteiger partial charge in [-0.05, 0) is 54.1 Å². The molecule has 1 aliphatic rings. The predicted molar refractivity (Wildman–Crippen MR) is 104 cm³/mol. The van der Waals surface area contributed by atoms with Crippen LogP contribution in [0.3, 0.4) is 0 Å². The summed E-state index contributed by atoms with van der Waals surface area (Å²) < 4.78 is 1.59. The highest BCUT2D eigenvalue weighted by molar-refractivity contribution is 6.03. The van der Waals surface area contributed by atoms with Crippen molar-refractivity contribution in [3.05, 3.63) is 59.9 Å². The molecule has 0 aliphatic carbocycles. The Labute approximate surface area is 162 Å². The Morgan fingerprint density at radius 3 is 2.71 bits per heavy atom. The maximum absolute atomic E-state index is 12.7. The second-order valence-electron chi connectivity index (χ2n) is 6.87. The van der Waals surface area contributed by atoms with Crippen LogP contribution in [0, 0.1) is 19.8 Å². The summed E-state index contributed by atoms with van der Waals surface area (Å²) in [4.78, 5) is 26.9. The number of anilines is 2. The third-order valence-electron chi connectivity index (χ3n) is 4.89.